The van der Waals surface area contributed by atoms with Crippen LogP contribution < -0.4 is 19.5 Å². The Morgan fingerprint density at radius 2 is 1.78 bits per heavy atom. The van der Waals surface area contributed by atoms with E-state index in [1.165, 1.54) is 28.3 Å². The number of thioether (sulfide) groups is 1. The third-order valence-corrected chi connectivity index (χ3v) is 3.79. The molecule has 0 unspecified atom stereocenters. The number of aliphatic imine (C=N–C) groups is 1. The molecule has 1 aromatic carbocycles. The first-order valence-electron chi connectivity index (χ1n) is 6.58. The minimum Gasteiger partial charge on any atom is -0.493 e. The molecule has 0 spiro atoms. The van der Waals surface area contributed by atoms with Gasteiger partial charge in [-0.25, -0.2) is 0 Å². The van der Waals surface area contributed by atoms with Gasteiger partial charge in [0.15, 0.2) is 16.7 Å². The fourth-order valence-corrected chi connectivity index (χ4v) is 2.81. The Labute approximate surface area is 137 Å². The number of benzene rings is 1. The Bertz CT molecular complexity index is 687. The fraction of sp³-hybridized carbons (Fsp3) is 0.267. The van der Waals surface area contributed by atoms with Crippen molar-refractivity contribution >= 4 is 34.8 Å². The first-order valence-corrected chi connectivity index (χ1v) is 7.40. The average Bonchev–Trinajstić information content (AvgIpc) is 2.84. The third-order valence-electron chi connectivity index (χ3n) is 2.89. The molecule has 0 bridgehead atoms. The van der Waals surface area contributed by atoms with Gasteiger partial charge in [0.1, 0.15) is 0 Å². The molecule has 1 N–H and O–H groups in total. The number of nitrogens with one attached hydrogen (secondary N) is 1. The lowest BCUT2D eigenvalue weighted by Gasteiger charge is -2.13. The molecule has 7 nitrogen and oxygen atoms in total. The second-order valence-corrected chi connectivity index (χ2v) is 5.50. The first kappa shape index (κ1) is 16.9. The highest BCUT2D eigenvalue weighted by atomic mass is 32.2. The quantitative estimate of drug-likeness (QED) is 0.844. The maximum Gasteiger partial charge on any atom is 0.286 e. The molecule has 0 saturated carbocycles. The number of amides is 2. The lowest BCUT2D eigenvalue weighted by molar-refractivity contribution is -0.117. The van der Waals surface area contributed by atoms with Crippen molar-refractivity contribution in [3.63, 3.8) is 0 Å². The van der Waals surface area contributed by atoms with E-state index in [0.717, 1.165) is 11.8 Å². The highest BCUT2D eigenvalue weighted by Crippen LogP contribution is 2.39. The van der Waals surface area contributed by atoms with E-state index in [1.807, 2.05) is 0 Å². The third kappa shape index (κ3) is 3.84. The van der Waals surface area contributed by atoms with Crippen LogP contribution in [-0.4, -0.2) is 38.3 Å². The zero-order valence-electron chi connectivity index (χ0n) is 13.1. The van der Waals surface area contributed by atoms with Gasteiger partial charge < -0.3 is 19.5 Å². The molecule has 1 aliphatic rings. The van der Waals surface area contributed by atoms with Crippen molar-refractivity contribution in [2.75, 3.05) is 21.3 Å². The van der Waals surface area contributed by atoms with Crippen molar-refractivity contribution in [2.45, 2.75) is 6.92 Å². The standard InChI is InChI=1S/C15H16N2O5S/c1-8(18)16-15-17-14(19)12(23-15)7-9-5-10(20-2)13(22-4)11(6-9)21-3/h5-7H,1-4H3,(H,16,17,18,19)/b12-7-. The smallest absolute Gasteiger partial charge is 0.286 e. The van der Waals surface area contributed by atoms with Crippen molar-refractivity contribution in [3.05, 3.63) is 22.6 Å². The van der Waals surface area contributed by atoms with Gasteiger partial charge in [-0.1, -0.05) is 0 Å². The molecule has 0 atom stereocenters. The van der Waals surface area contributed by atoms with E-state index in [1.54, 1.807) is 18.2 Å². The number of methoxy groups -OCH3 is 3. The van der Waals surface area contributed by atoms with E-state index < -0.39 is 5.91 Å². The molecule has 122 valence electrons. The summed E-state index contributed by atoms with van der Waals surface area (Å²) in [6.07, 6.45) is 1.65. The maximum atomic E-state index is 11.9. The Hall–Kier alpha value is -2.48. The molecule has 1 heterocycles. The summed E-state index contributed by atoms with van der Waals surface area (Å²) in [7, 11) is 4.55. The fourth-order valence-electron chi connectivity index (χ4n) is 1.95. The summed E-state index contributed by atoms with van der Waals surface area (Å²) in [5.74, 6) is 0.748. The molecule has 0 saturated heterocycles. The van der Waals surface area contributed by atoms with Crippen LogP contribution in [0.4, 0.5) is 0 Å². The van der Waals surface area contributed by atoms with Crippen LogP contribution in [0.15, 0.2) is 22.0 Å². The van der Waals surface area contributed by atoms with E-state index in [0.29, 0.717) is 27.7 Å². The van der Waals surface area contributed by atoms with Gasteiger partial charge in [0.2, 0.25) is 11.7 Å². The average molecular weight is 336 g/mol. The first-order chi connectivity index (χ1) is 11.0. The zero-order valence-corrected chi connectivity index (χ0v) is 13.9. The van der Waals surface area contributed by atoms with Crippen molar-refractivity contribution in [1.82, 2.24) is 5.32 Å². The molecule has 0 radical (unpaired) electrons. The lowest BCUT2D eigenvalue weighted by atomic mass is 10.1. The summed E-state index contributed by atoms with van der Waals surface area (Å²) < 4.78 is 15.8. The number of nitrogens with zero attached hydrogens (tertiary/aromatic N) is 1. The van der Waals surface area contributed by atoms with Crippen LogP contribution >= 0.6 is 11.8 Å². The van der Waals surface area contributed by atoms with Crippen LogP contribution in [0.3, 0.4) is 0 Å². The zero-order chi connectivity index (χ0) is 17.0. The van der Waals surface area contributed by atoms with Gasteiger partial charge in [-0.3, -0.25) is 9.59 Å². The summed E-state index contributed by atoms with van der Waals surface area (Å²) in [4.78, 5) is 27.1. The number of hydrogen-bond donors (Lipinski definition) is 1. The van der Waals surface area contributed by atoms with Crippen molar-refractivity contribution in [1.29, 1.82) is 0 Å². The van der Waals surface area contributed by atoms with Crippen LogP contribution in [-0.2, 0) is 9.59 Å². The van der Waals surface area contributed by atoms with Crippen molar-refractivity contribution < 1.29 is 23.8 Å². The molecule has 0 aromatic heterocycles. The van der Waals surface area contributed by atoms with Gasteiger partial charge in [-0.2, -0.15) is 4.99 Å². The van der Waals surface area contributed by atoms with E-state index in [2.05, 4.69) is 10.3 Å². The summed E-state index contributed by atoms with van der Waals surface area (Å²) in [6, 6.07) is 3.44. The SMILES string of the molecule is COc1cc(/C=C2\SC(NC(C)=O)=NC2=O)cc(OC)c1OC. The number of hydrogen-bond acceptors (Lipinski definition) is 6. The largest absolute Gasteiger partial charge is 0.493 e. The van der Waals surface area contributed by atoms with E-state index in [9.17, 15) is 9.59 Å². The molecule has 0 fully saturated rings. The second-order valence-electron chi connectivity index (χ2n) is 4.47. The predicted molar refractivity (Wildman–Crippen MR) is 87.9 cm³/mol. The molecule has 1 aromatic rings. The molecule has 2 amide bonds. The lowest BCUT2D eigenvalue weighted by Crippen LogP contribution is -2.23. The van der Waals surface area contributed by atoms with Gasteiger partial charge in [0, 0.05) is 6.92 Å². The summed E-state index contributed by atoms with van der Waals surface area (Å²) in [5.41, 5.74) is 0.689. The molecule has 0 aliphatic carbocycles. The van der Waals surface area contributed by atoms with Crippen molar-refractivity contribution in [3.8, 4) is 17.2 Å². The van der Waals surface area contributed by atoms with Gasteiger partial charge in [-0.15, -0.1) is 0 Å². The molecular formula is C15H16N2O5S. The molecule has 8 heteroatoms. The Balaban J connectivity index is 2.33. The normalized spacial score (nSPS) is 15.4. The Morgan fingerprint density at radius 1 is 1.17 bits per heavy atom. The monoisotopic (exact) mass is 336 g/mol. The number of amidine groups is 1. The highest BCUT2D eigenvalue weighted by molar-refractivity contribution is 8.18. The van der Waals surface area contributed by atoms with Gasteiger partial charge >= 0.3 is 0 Å². The minimum atomic E-state index is -0.410. The molecular weight excluding hydrogens is 320 g/mol. The Morgan fingerprint density at radius 3 is 2.26 bits per heavy atom. The van der Waals surface area contributed by atoms with Crippen LogP contribution in [0, 0.1) is 0 Å². The Kier molecular flexibility index (Phi) is 5.28. The van der Waals surface area contributed by atoms with Crippen molar-refractivity contribution in [2.24, 2.45) is 4.99 Å². The summed E-state index contributed by atoms with van der Waals surface area (Å²) in [6.45, 7) is 1.36. The van der Waals surface area contributed by atoms with E-state index in [-0.39, 0.29) is 11.1 Å². The van der Waals surface area contributed by atoms with Crippen LogP contribution in [0.1, 0.15) is 12.5 Å². The maximum absolute atomic E-state index is 11.9. The topological polar surface area (TPSA) is 86.2 Å². The van der Waals surface area contributed by atoms with E-state index >= 15 is 0 Å². The number of carbonyl (C=O) groups excluding carboxylic acids is 2. The number of rotatable bonds is 4. The summed E-state index contributed by atoms with van der Waals surface area (Å²) in [5, 5.41) is 2.76. The molecule has 1 aliphatic heterocycles. The molecule has 2 rings (SSSR count). The molecule has 23 heavy (non-hydrogen) atoms. The van der Waals surface area contributed by atoms with E-state index in [4.69, 9.17) is 14.2 Å². The van der Waals surface area contributed by atoms with Gasteiger partial charge in [-0.05, 0) is 35.5 Å². The van der Waals surface area contributed by atoms with Gasteiger partial charge in [0.25, 0.3) is 5.91 Å². The minimum absolute atomic E-state index is 0.265. The van der Waals surface area contributed by atoms with Crippen LogP contribution in [0.5, 0.6) is 17.2 Å². The van der Waals surface area contributed by atoms with Gasteiger partial charge in [0.05, 0.1) is 26.2 Å². The number of ether oxygens (including phenoxy) is 3. The second kappa shape index (κ2) is 7.19. The predicted octanol–water partition coefficient (Wildman–Crippen LogP) is 1.82. The summed E-state index contributed by atoms with van der Waals surface area (Å²) >= 11 is 1.10. The van der Waals surface area contributed by atoms with Crippen LogP contribution in [0.2, 0.25) is 0 Å². The highest BCUT2D eigenvalue weighted by Gasteiger charge is 2.23. The van der Waals surface area contributed by atoms with Crippen LogP contribution in [0.25, 0.3) is 6.08 Å². The number of carbonyl (C=O) groups is 2.